The van der Waals surface area contributed by atoms with Gasteiger partial charge in [0.15, 0.2) is 0 Å². The lowest BCUT2D eigenvalue weighted by Crippen LogP contribution is -2.27. The zero-order valence-electron chi connectivity index (χ0n) is 12.7. The van der Waals surface area contributed by atoms with Crippen LogP contribution in [0, 0.1) is 6.92 Å². The third-order valence-electron chi connectivity index (χ3n) is 3.20. The van der Waals surface area contributed by atoms with Crippen molar-refractivity contribution in [1.82, 2.24) is 14.7 Å². The van der Waals surface area contributed by atoms with Gasteiger partial charge in [-0.25, -0.2) is 4.68 Å². The second-order valence-corrected chi connectivity index (χ2v) is 5.26. The summed E-state index contributed by atoms with van der Waals surface area (Å²) < 4.78 is 1.58. The van der Waals surface area contributed by atoms with Crippen LogP contribution in [0.5, 0.6) is 0 Å². The van der Waals surface area contributed by atoms with Crippen LogP contribution in [-0.4, -0.2) is 35.3 Å². The molecule has 2 aromatic rings. The van der Waals surface area contributed by atoms with Gasteiger partial charge in [-0.3, -0.25) is 4.79 Å². The summed E-state index contributed by atoms with van der Waals surface area (Å²) in [7, 11) is 4.06. The lowest BCUT2D eigenvalue weighted by Gasteiger charge is -2.11. The van der Waals surface area contributed by atoms with Crippen molar-refractivity contribution >= 4 is 12.4 Å². The molecular weight excluding hydrogens is 286 g/mol. The second kappa shape index (κ2) is 7.96. The average molecular weight is 308 g/mol. The maximum absolute atomic E-state index is 12.1. The summed E-state index contributed by atoms with van der Waals surface area (Å²) in [5.41, 5.74) is 2.64. The molecule has 5 heteroatoms. The molecule has 0 aliphatic heterocycles. The van der Waals surface area contributed by atoms with Crippen molar-refractivity contribution in [2.75, 3.05) is 20.6 Å². The summed E-state index contributed by atoms with van der Waals surface area (Å²) in [5, 5.41) is 4.49. The Hall–Kier alpha value is -1.65. The van der Waals surface area contributed by atoms with Crippen molar-refractivity contribution in [2.24, 2.45) is 0 Å². The lowest BCUT2D eigenvalue weighted by atomic mass is 10.1. The van der Waals surface area contributed by atoms with Gasteiger partial charge in [0.2, 0.25) is 0 Å². The van der Waals surface area contributed by atoms with E-state index in [4.69, 9.17) is 0 Å². The number of benzene rings is 1. The fourth-order valence-electron chi connectivity index (χ4n) is 2.11. The molecule has 21 heavy (non-hydrogen) atoms. The van der Waals surface area contributed by atoms with Crippen LogP contribution in [0.3, 0.4) is 0 Å². The minimum absolute atomic E-state index is 0. The molecule has 2 rings (SSSR count). The van der Waals surface area contributed by atoms with Crippen LogP contribution in [0.15, 0.2) is 41.2 Å². The Labute approximate surface area is 131 Å². The molecular formula is C16H22ClN3O. The molecule has 0 saturated heterocycles. The highest BCUT2D eigenvalue weighted by Crippen LogP contribution is 2.15. The summed E-state index contributed by atoms with van der Waals surface area (Å²) in [6.45, 7) is 3.44. The first kappa shape index (κ1) is 17.4. The van der Waals surface area contributed by atoms with E-state index in [1.807, 2.05) is 57.4 Å². The van der Waals surface area contributed by atoms with E-state index in [1.165, 1.54) is 0 Å². The number of hydrogen-bond donors (Lipinski definition) is 0. The fourth-order valence-corrected chi connectivity index (χ4v) is 2.11. The Morgan fingerprint density at radius 3 is 2.48 bits per heavy atom. The van der Waals surface area contributed by atoms with Crippen LogP contribution >= 0.6 is 12.4 Å². The van der Waals surface area contributed by atoms with Gasteiger partial charge in [-0.1, -0.05) is 30.3 Å². The maximum Gasteiger partial charge on any atom is 0.269 e. The summed E-state index contributed by atoms with van der Waals surface area (Å²) in [6.07, 6.45) is 0.914. The van der Waals surface area contributed by atoms with E-state index in [-0.39, 0.29) is 18.0 Å². The van der Waals surface area contributed by atoms with E-state index in [9.17, 15) is 4.79 Å². The van der Waals surface area contributed by atoms with Crippen molar-refractivity contribution in [1.29, 1.82) is 0 Å². The third kappa shape index (κ3) is 4.69. The van der Waals surface area contributed by atoms with Gasteiger partial charge in [-0.2, -0.15) is 5.10 Å². The molecule has 0 saturated carbocycles. The first-order valence-corrected chi connectivity index (χ1v) is 6.87. The van der Waals surface area contributed by atoms with Crippen LogP contribution < -0.4 is 5.56 Å². The predicted octanol–water partition coefficient (Wildman–Crippen LogP) is 2.59. The first-order chi connectivity index (χ1) is 9.58. The van der Waals surface area contributed by atoms with Crippen LogP contribution in [0.25, 0.3) is 11.3 Å². The second-order valence-electron chi connectivity index (χ2n) is 5.26. The third-order valence-corrected chi connectivity index (χ3v) is 3.20. The Bertz CT molecular complexity index is 623. The largest absolute Gasteiger partial charge is 0.309 e. The number of hydrogen-bond acceptors (Lipinski definition) is 3. The topological polar surface area (TPSA) is 38.1 Å². The van der Waals surface area contributed by atoms with Crippen molar-refractivity contribution in [2.45, 2.75) is 19.9 Å². The molecule has 0 spiro atoms. The zero-order chi connectivity index (χ0) is 14.5. The summed E-state index contributed by atoms with van der Waals surface area (Å²) >= 11 is 0. The predicted molar refractivity (Wildman–Crippen MR) is 89.1 cm³/mol. The van der Waals surface area contributed by atoms with Crippen molar-refractivity contribution in [3.63, 3.8) is 0 Å². The first-order valence-electron chi connectivity index (χ1n) is 6.87. The minimum atomic E-state index is 0. The quantitative estimate of drug-likeness (QED) is 0.852. The molecule has 4 nitrogen and oxygen atoms in total. The van der Waals surface area contributed by atoms with Gasteiger partial charge in [0.1, 0.15) is 0 Å². The lowest BCUT2D eigenvalue weighted by molar-refractivity contribution is 0.377. The molecule has 0 aliphatic rings. The van der Waals surface area contributed by atoms with Crippen LogP contribution in [0.1, 0.15) is 12.0 Å². The fraction of sp³-hybridized carbons (Fsp3) is 0.375. The van der Waals surface area contributed by atoms with E-state index in [2.05, 4.69) is 10.00 Å². The van der Waals surface area contributed by atoms with Gasteiger partial charge in [0.25, 0.3) is 5.56 Å². The number of rotatable bonds is 5. The molecule has 0 fully saturated rings. The Kier molecular flexibility index (Phi) is 6.59. The van der Waals surface area contributed by atoms with Crippen molar-refractivity contribution in [3.8, 4) is 11.3 Å². The molecule has 0 aliphatic carbocycles. The molecule has 1 heterocycles. The molecule has 0 amide bonds. The maximum atomic E-state index is 12.1. The number of halogens is 1. The number of aryl methyl sites for hydroxylation is 2. The molecule has 0 bridgehead atoms. The van der Waals surface area contributed by atoms with E-state index >= 15 is 0 Å². The van der Waals surface area contributed by atoms with Gasteiger partial charge < -0.3 is 4.90 Å². The number of nitrogens with zero attached hydrogens (tertiary/aromatic N) is 3. The van der Waals surface area contributed by atoms with E-state index < -0.39 is 0 Å². The molecule has 0 radical (unpaired) electrons. The summed E-state index contributed by atoms with van der Waals surface area (Å²) in [4.78, 5) is 14.2. The molecule has 0 N–H and O–H groups in total. The highest BCUT2D eigenvalue weighted by atomic mass is 35.5. The zero-order valence-corrected chi connectivity index (χ0v) is 13.6. The van der Waals surface area contributed by atoms with E-state index in [0.29, 0.717) is 6.54 Å². The van der Waals surface area contributed by atoms with Gasteiger partial charge >= 0.3 is 0 Å². The van der Waals surface area contributed by atoms with E-state index in [0.717, 1.165) is 29.8 Å². The Morgan fingerprint density at radius 2 is 1.86 bits per heavy atom. The van der Waals surface area contributed by atoms with Crippen LogP contribution in [0.2, 0.25) is 0 Å². The highest BCUT2D eigenvalue weighted by molar-refractivity contribution is 5.85. The van der Waals surface area contributed by atoms with E-state index in [1.54, 1.807) is 4.68 Å². The van der Waals surface area contributed by atoms with Crippen molar-refractivity contribution in [3.05, 3.63) is 52.3 Å². The van der Waals surface area contributed by atoms with Gasteiger partial charge in [0, 0.05) is 17.7 Å². The molecule has 1 aromatic carbocycles. The standard InChI is InChI=1S/C16H21N3O.ClH/c1-13-12-15(14-8-5-4-6-9-14)17-19(16(13)20)11-7-10-18(2)3;/h4-6,8-9,12H,7,10-11H2,1-3H3;1H. The monoisotopic (exact) mass is 307 g/mol. The van der Waals surface area contributed by atoms with Gasteiger partial charge in [0.05, 0.1) is 5.69 Å². The van der Waals surface area contributed by atoms with Gasteiger partial charge in [-0.05, 0) is 40.1 Å². The Balaban J connectivity index is 0.00000220. The average Bonchev–Trinajstić information content (AvgIpc) is 2.44. The highest BCUT2D eigenvalue weighted by Gasteiger charge is 2.06. The molecule has 1 aromatic heterocycles. The molecule has 0 unspecified atom stereocenters. The van der Waals surface area contributed by atoms with Crippen LogP contribution in [0.4, 0.5) is 0 Å². The summed E-state index contributed by atoms with van der Waals surface area (Å²) in [6, 6.07) is 11.8. The SMILES string of the molecule is Cc1cc(-c2ccccc2)nn(CCCN(C)C)c1=O.Cl. The van der Waals surface area contributed by atoms with Crippen molar-refractivity contribution < 1.29 is 0 Å². The minimum Gasteiger partial charge on any atom is -0.309 e. The van der Waals surface area contributed by atoms with Crippen LogP contribution in [-0.2, 0) is 6.54 Å². The molecule has 114 valence electrons. The molecule has 0 atom stereocenters. The normalized spacial score (nSPS) is 10.5. The number of aromatic nitrogens is 2. The smallest absolute Gasteiger partial charge is 0.269 e. The summed E-state index contributed by atoms with van der Waals surface area (Å²) in [5.74, 6) is 0. The Morgan fingerprint density at radius 1 is 1.19 bits per heavy atom. The van der Waals surface area contributed by atoms with Gasteiger partial charge in [-0.15, -0.1) is 12.4 Å².